The number of carbonyl (C=O) groups is 2. The van der Waals surface area contributed by atoms with Gasteiger partial charge in [-0.05, 0) is 12.8 Å². The summed E-state index contributed by atoms with van der Waals surface area (Å²) in [5, 5.41) is 0. The molecule has 0 aliphatic rings. The van der Waals surface area contributed by atoms with E-state index in [2.05, 4.69) is 18.4 Å². The number of hydrogen-bond acceptors (Lipinski definition) is 6. The van der Waals surface area contributed by atoms with Crippen LogP contribution in [0.1, 0.15) is 303 Å². The third-order valence-corrected chi connectivity index (χ3v) is 12.9. The van der Waals surface area contributed by atoms with Crippen molar-refractivity contribution in [2.75, 3.05) is 13.2 Å². The maximum absolute atomic E-state index is 12.5. The van der Waals surface area contributed by atoms with E-state index in [1.54, 1.807) is 0 Å². The Hall–Kier alpha value is -0.950. The molecule has 0 saturated carbocycles. The minimum Gasteiger partial charge on any atom is -0.462 e. The topological polar surface area (TPSA) is 119 Å². The van der Waals surface area contributed by atoms with Gasteiger partial charge in [-0.25, -0.2) is 4.57 Å². The normalized spacial score (nSPS) is 12.3. The van der Waals surface area contributed by atoms with Crippen LogP contribution in [0.3, 0.4) is 0 Å². The number of hydrogen-bond donors (Lipinski definition) is 2. The molecule has 1 atom stereocenters. The average molecular weight is 887 g/mol. The van der Waals surface area contributed by atoms with Gasteiger partial charge in [-0.3, -0.25) is 14.1 Å². The number of phosphoric acid groups is 1. The molecule has 0 rings (SSSR count). The number of unbranched alkanes of at least 4 members (excludes halogenated alkanes) is 41. The third-order valence-electron chi connectivity index (χ3n) is 12.4. The van der Waals surface area contributed by atoms with Crippen LogP contribution in [0.4, 0.5) is 0 Å². The van der Waals surface area contributed by atoms with Gasteiger partial charge in [0.1, 0.15) is 6.61 Å². The van der Waals surface area contributed by atoms with Gasteiger partial charge in [0.05, 0.1) is 6.61 Å². The highest BCUT2D eigenvalue weighted by Gasteiger charge is 2.23. The molecular weight excluding hydrogens is 784 g/mol. The van der Waals surface area contributed by atoms with Gasteiger partial charge in [-0.2, -0.15) is 0 Å². The lowest BCUT2D eigenvalue weighted by Gasteiger charge is -2.18. The van der Waals surface area contributed by atoms with Crippen molar-refractivity contribution < 1.29 is 37.9 Å². The van der Waals surface area contributed by atoms with Crippen LogP contribution in [0.5, 0.6) is 0 Å². The van der Waals surface area contributed by atoms with E-state index >= 15 is 0 Å². The smallest absolute Gasteiger partial charge is 0.462 e. The molecule has 0 spiro atoms. The summed E-state index contributed by atoms with van der Waals surface area (Å²) < 4.78 is 26.6. The van der Waals surface area contributed by atoms with Crippen molar-refractivity contribution in [1.82, 2.24) is 0 Å². The molecule has 0 amide bonds. The fraction of sp³-hybridized carbons (Fsp3) is 0.962. The lowest BCUT2D eigenvalue weighted by molar-refractivity contribution is -0.161. The lowest BCUT2D eigenvalue weighted by Crippen LogP contribution is -2.29. The first kappa shape index (κ1) is 60.1. The molecule has 0 fully saturated rings. The first-order valence-corrected chi connectivity index (χ1v) is 28.4. The molecule has 0 heterocycles. The Morgan fingerprint density at radius 3 is 0.836 bits per heavy atom. The number of esters is 2. The van der Waals surface area contributed by atoms with Gasteiger partial charge in [0.15, 0.2) is 6.10 Å². The average Bonchev–Trinajstić information content (AvgIpc) is 3.23. The van der Waals surface area contributed by atoms with Gasteiger partial charge < -0.3 is 19.3 Å². The predicted molar refractivity (Wildman–Crippen MR) is 258 cm³/mol. The molecule has 0 radical (unpaired) electrons. The summed E-state index contributed by atoms with van der Waals surface area (Å²) in [4.78, 5) is 43.1. The number of carbonyl (C=O) groups excluding carboxylic acids is 2. The van der Waals surface area contributed by atoms with E-state index in [1.807, 2.05) is 0 Å². The maximum atomic E-state index is 12.5. The third kappa shape index (κ3) is 51.6. The van der Waals surface area contributed by atoms with Crippen molar-refractivity contribution in [2.24, 2.45) is 0 Å². The number of rotatable bonds is 51. The molecule has 0 aliphatic heterocycles. The molecule has 0 aliphatic carbocycles. The molecule has 61 heavy (non-hydrogen) atoms. The van der Waals surface area contributed by atoms with E-state index in [9.17, 15) is 14.2 Å². The van der Waals surface area contributed by atoms with Crippen molar-refractivity contribution in [2.45, 2.75) is 309 Å². The highest BCUT2D eigenvalue weighted by Crippen LogP contribution is 2.36. The van der Waals surface area contributed by atoms with Crippen LogP contribution in [0, 0.1) is 0 Å². The summed E-state index contributed by atoms with van der Waals surface area (Å²) in [7, 11) is -4.75. The van der Waals surface area contributed by atoms with Crippen molar-refractivity contribution in [3.8, 4) is 0 Å². The Kier molecular flexibility index (Phi) is 47.7. The van der Waals surface area contributed by atoms with Crippen LogP contribution >= 0.6 is 7.82 Å². The van der Waals surface area contributed by atoms with Crippen molar-refractivity contribution in [1.29, 1.82) is 0 Å². The largest absolute Gasteiger partial charge is 0.469 e. The Labute approximate surface area is 378 Å². The molecule has 1 unspecified atom stereocenters. The lowest BCUT2D eigenvalue weighted by atomic mass is 10.0. The molecule has 364 valence electrons. The highest BCUT2D eigenvalue weighted by atomic mass is 31.2. The van der Waals surface area contributed by atoms with Gasteiger partial charge in [-0.15, -0.1) is 0 Å². The summed E-state index contributed by atoms with van der Waals surface area (Å²) >= 11 is 0. The summed E-state index contributed by atoms with van der Waals surface area (Å²) in [5.74, 6) is -0.859. The molecular formula is C52H103O8P. The SMILES string of the molecule is CCCCCCCCCCCCCCCCCCCCCCCCCC(=O)OC(COC(=O)CCCCCCCCCCCCCCCCCCCCCC)COP(=O)(O)O. The first-order chi connectivity index (χ1) is 29.8. The number of phosphoric ester groups is 1. The van der Waals surface area contributed by atoms with Gasteiger partial charge >= 0.3 is 19.8 Å². The summed E-state index contributed by atoms with van der Waals surface area (Å²) in [6.45, 7) is 3.76. The van der Waals surface area contributed by atoms with E-state index in [0.717, 1.165) is 32.1 Å². The fourth-order valence-electron chi connectivity index (χ4n) is 8.38. The van der Waals surface area contributed by atoms with E-state index in [4.69, 9.17) is 19.3 Å². The van der Waals surface area contributed by atoms with Crippen LogP contribution in [0.2, 0.25) is 0 Å². The van der Waals surface area contributed by atoms with Crippen molar-refractivity contribution in [3.05, 3.63) is 0 Å². The minimum atomic E-state index is -4.75. The molecule has 2 N–H and O–H groups in total. The molecule has 8 nitrogen and oxygen atoms in total. The second kappa shape index (κ2) is 48.5. The second-order valence-electron chi connectivity index (χ2n) is 18.6. The standard InChI is InChI=1S/C52H103O8P/c1-3-5-7-9-11-13-15-17-19-21-23-25-26-27-29-31-33-35-37-39-41-43-45-47-52(54)60-50(49-59-61(55,56)57)48-58-51(53)46-44-42-40-38-36-34-32-30-28-24-22-20-18-16-14-12-10-8-6-4-2/h50H,3-49H2,1-2H3,(H2,55,56,57). The van der Waals surface area contributed by atoms with Gasteiger partial charge in [0.2, 0.25) is 0 Å². The predicted octanol–water partition coefficient (Wildman–Crippen LogP) is 17.1. The van der Waals surface area contributed by atoms with Crippen LogP contribution in [0.15, 0.2) is 0 Å². The van der Waals surface area contributed by atoms with Crippen LogP contribution in [-0.4, -0.2) is 41.0 Å². The zero-order valence-corrected chi connectivity index (χ0v) is 41.5. The maximum Gasteiger partial charge on any atom is 0.469 e. The quantitative estimate of drug-likeness (QED) is 0.0352. The molecule has 9 heteroatoms. The summed E-state index contributed by atoms with van der Waals surface area (Å²) in [6, 6.07) is 0. The Balaban J connectivity index is 3.73. The van der Waals surface area contributed by atoms with Gasteiger partial charge in [0.25, 0.3) is 0 Å². The van der Waals surface area contributed by atoms with Crippen LogP contribution in [0.25, 0.3) is 0 Å². The van der Waals surface area contributed by atoms with Gasteiger partial charge in [-0.1, -0.05) is 277 Å². The Morgan fingerprint density at radius 1 is 0.361 bits per heavy atom. The van der Waals surface area contributed by atoms with Crippen LogP contribution < -0.4 is 0 Å². The van der Waals surface area contributed by atoms with Gasteiger partial charge in [0, 0.05) is 12.8 Å². The van der Waals surface area contributed by atoms with E-state index in [1.165, 1.54) is 238 Å². The fourth-order valence-corrected chi connectivity index (χ4v) is 8.74. The van der Waals surface area contributed by atoms with E-state index in [-0.39, 0.29) is 19.4 Å². The molecule has 0 aromatic carbocycles. The van der Waals surface area contributed by atoms with Crippen molar-refractivity contribution in [3.63, 3.8) is 0 Å². The monoisotopic (exact) mass is 887 g/mol. The Bertz CT molecular complexity index is 956. The Morgan fingerprint density at radius 2 is 0.590 bits per heavy atom. The molecule has 0 aromatic rings. The molecule has 0 saturated heterocycles. The highest BCUT2D eigenvalue weighted by molar-refractivity contribution is 7.46. The van der Waals surface area contributed by atoms with Crippen LogP contribution in [-0.2, 0) is 28.2 Å². The molecule has 0 aromatic heterocycles. The zero-order valence-electron chi connectivity index (χ0n) is 40.6. The second-order valence-corrected chi connectivity index (χ2v) is 19.8. The minimum absolute atomic E-state index is 0.221. The molecule has 0 bridgehead atoms. The van der Waals surface area contributed by atoms with E-state index < -0.39 is 32.5 Å². The van der Waals surface area contributed by atoms with E-state index in [0.29, 0.717) is 6.42 Å². The number of ether oxygens (including phenoxy) is 2. The summed E-state index contributed by atoms with van der Waals surface area (Å²) in [6.07, 6.45) is 55.6. The summed E-state index contributed by atoms with van der Waals surface area (Å²) in [5.41, 5.74) is 0. The zero-order chi connectivity index (χ0) is 44.6. The first-order valence-electron chi connectivity index (χ1n) is 26.8. The van der Waals surface area contributed by atoms with Crippen molar-refractivity contribution >= 4 is 19.8 Å².